The minimum atomic E-state index is -0.562. The number of halogens is 2. The molecular weight excluding hydrogens is 260 g/mol. The van der Waals surface area contributed by atoms with E-state index in [1.165, 1.54) is 12.1 Å². The van der Waals surface area contributed by atoms with Crippen molar-refractivity contribution in [3.8, 4) is 5.75 Å². The highest BCUT2D eigenvalue weighted by Gasteiger charge is 2.07. The molecule has 0 aliphatic carbocycles. The van der Waals surface area contributed by atoms with Gasteiger partial charge in [0.05, 0.1) is 13.7 Å². The molecule has 2 nitrogen and oxygen atoms in total. The predicted molar refractivity (Wildman–Crippen MR) is 74.0 cm³/mol. The van der Waals surface area contributed by atoms with Crippen LogP contribution in [0.1, 0.15) is 5.56 Å². The average molecular weight is 273 g/mol. The van der Waals surface area contributed by atoms with Crippen LogP contribution in [0.4, 0.5) is 8.78 Å². The Morgan fingerprint density at radius 2 is 1.90 bits per heavy atom. The van der Waals surface area contributed by atoms with Gasteiger partial charge in [0, 0.05) is 28.7 Å². The molecule has 0 aliphatic rings. The summed E-state index contributed by atoms with van der Waals surface area (Å²) in [6, 6.07) is 11.3. The van der Waals surface area contributed by atoms with Crippen molar-refractivity contribution < 1.29 is 13.5 Å². The van der Waals surface area contributed by atoms with Crippen molar-refractivity contribution in [3.63, 3.8) is 0 Å². The summed E-state index contributed by atoms with van der Waals surface area (Å²) in [4.78, 5) is 0. The minimum Gasteiger partial charge on any atom is -0.497 e. The summed E-state index contributed by atoms with van der Waals surface area (Å²) >= 11 is 0. The number of fused-ring (bicyclic) bond motifs is 1. The Morgan fingerprint density at radius 3 is 2.65 bits per heavy atom. The Hall–Kier alpha value is -2.36. The van der Waals surface area contributed by atoms with Crippen LogP contribution in [-0.2, 0) is 6.54 Å². The molecule has 0 spiro atoms. The van der Waals surface area contributed by atoms with Crippen LogP contribution in [0.3, 0.4) is 0 Å². The van der Waals surface area contributed by atoms with Gasteiger partial charge >= 0.3 is 0 Å². The van der Waals surface area contributed by atoms with Gasteiger partial charge in [-0.15, -0.1) is 0 Å². The van der Waals surface area contributed by atoms with E-state index >= 15 is 0 Å². The lowest BCUT2D eigenvalue weighted by Crippen LogP contribution is -2.01. The molecule has 0 atom stereocenters. The van der Waals surface area contributed by atoms with Gasteiger partial charge in [0.25, 0.3) is 0 Å². The summed E-state index contributed by atoms with van der Waals surface area (Å²) in [6.45, 7) is 0.363. The zero-order valence-electron chi connectivity index (χ0n) is 10.9. The molecule has 0 saturated carbocycles. The van der Waals surface area contributed by atoms with Crippen LogP contribution in [0.2, 0.25) is 0 Å². The van der Waals surface area contributed by atoms with Gasteiger partial charge in [0.15, 0.2) is 0 Å². The number of hydrogen-bond acceptors (Lipinski definition) is 1. The third-order valence-electron chi connectivity index (χ3n) is 3.33. The topological polar surface area (TPSA) is 14.2 Å². The van der Waals surface area contributed by atoms with E-state index in [2.05, 4.69) is 0 Å². The van der Waals surface area contributed by atoms with Crippen LogP contribution in [-0.4, -0.2) is 11.7 Å². The lowest BCUT2D eigenvalue weighted by Gasteiger charge is -2.07. The molecule has 0 N–H and O–H groups in total. The van der Waals surface area contributed by atoms with Gasteiger partial charge in [0.1, 0.15) is 17.4 Å². The summed E-state index contributed by atoms with van der Waals surface area (Å²) in [6.07, 6.45) is 1.88. The van der Waals surface area contributed by atoms with Crippen molar-refractivity contribution in [1.82, 2.24) is 4.57 Å². The first-order valence-corrected chi connectivity index (χ1v) is 6.24. The van der Waals surface area contributed by atoms with Crippen molar-refractivity contribution in [2.24, 2.45) is 0 Å². The van der Waals surface area contributed by atoms with E-state index in [4.69, 9.17) is 4.74 Å². The number of benzene rings is 2. The number of rotatable bonds is 3. The minimum absolute atomic E-state index is 0.363. The first-order valence-electron chi connectivity index (χ1n) is 6.24. The average Bonchev–Trinajstić information content (AvgIpc) is 2.84. The third kappa shape index (κ3) is 2.25. The van der Waals surface area contributed by atoms with Gasteiger partial charge in [-0.1, -0.05) is 6.07 Å². The van der Waals surface area contributed by atoms with E-state index < -0.39 is 11.6 Å². The van der Waals surface area contributed by atoms with Crippen molar-refractivity contribution in [3.05, 3.63) is 65.9 Å². The summed E-state index contributed by atoms with van der Waals surface area (Å²) in [7, 11) is 1.62. The van der Waals surface area contributed by atoms with E-state index in [0.29, 0.717) is 12.1 Å². The Bertz CT molecular complexity index is 764. The number of aromatic nitrogens is 1. The molecule has 3 rings (SSSR count). The monoisotopic (exact) mass is 273 g/mol. The number of hydrogen-bond donors (Lipinski definition) is 0. The molecule has 0 amide bonds. The molecule has 0 fully saturated rings. The highest BCUT2D eigenvalue weighted by molar-refractivity contribution is 5.81. The number of ether oxygens (including phenoxy) is 1. The number of methoxy groups -OCH3 is 1. The van der Waals surface area contributed by atoms with Crippen LogP contribution in [0, 0.1) is 11.6 Å². The molecule has 1 aromatic heterocycles. The van der Waals surface area contributed by atoms with Gasteiger partial charge in [0.2, 0.25) is 0 Å². The second kappa shape index (κ2) is 4.96. The smallest absolute Gasteiger partial charge is 0.131 e. The Labute approximate surface area is 115 Å². The van der Waals surface area contributed by atoms with Crippen molar-refractivity contribution in [1.29, 1.82) is 0 Å². The largest absolute Gasteiger partial charge is 0.497 e. The van der Waals surface area contributed by atoms with E-state index in [1.54, 1.807) is 7.11 Å². The normalized spacial score (nSPS) is 10.9. The van der Waals surface area contributed by atoms with E-state index in [9.17, 15) is 8.78 Å². The predicted octanol–water partition coefficient (Wildman–Crippen LogP) is 3.98. The quantitative estimate of drug-likeness (QED) is 0.704. The molecule has 3 aromatic rings. The maximum atomic E-state index is 13.7. The fourth-order valence-electron chi connectivity index (χ4n) is 2.28. The lowest BCUT2D eigenvalue weighted by molar-refractivity contribution is 0.415. The molecule has 4 heteroatoms. The lowest BCUT2D eigenvalue weighted by atomic mass is 10.2. The first-order chi connectivity index (χ1) is 9.67. The summed E-state index contributed by atoms with van der Waals surface area (Å²) < 4.78 is 33.7. The summed E-state index contributed by atoms with van der Waals surface area (Å²) in [5, 5.41) is 1.02. The van der Waals surface area contributed by atoms with E-state index in [0.717, 1.165) is 22.7 Å². The Balaban J connectivity index is 1.98. The second-order valence-electron chi connectivity index (χ2n) is 4.60. The van der Waals surface area contributed by atoms with Gasteiger partial charge in [-0.3, -0.25) is 0 Å². The van der Waals surface area contributed by atoms with Crippen molar-refractivity contribution >= 4 is 10.9 Å². The second-order valence-corrected chi connectivity index (χ2v) is 4.60. The molecule has 1 heterocycles. The maximum absolute atomic E-state index is 13.7. The molecule has 0 bridgehead atoms. The molecule has 0 aliphatic heterocycles. The molecule has 0 unspecified atom stereocenters. The van der Waals surface area contributed by atoms with E-state index in [1.807, 2.05) is 35.0 Å². The Morgan fingerprint density at radius 1 is 1.05 bits per heavy atom. The zero-order valence-corrected chi connectivity index (χ0v) is 10.9. The molecule has 2 aromatic carbocycles. The standard InChI is InChI=1S/C16H13F2NO/c1-20-14-4-5-16-11(8-14)6-7-19(16)10-12-2-3-13(17)9-15(12)18/h2-9H,10H2,1H3. The molecule has 20 heavy (non-hydrogen) atoms. The summed E-state index contributed by atoms with van der Waals surface area (Å²) in [5.41, 5.74) is 1.44. The van der Waals surface area contributed by atoms with Gasteiger partial charge < -0.3 is 9.30 Å². The fourth-order valence-corrected chi connectivity index (χ4v) is 2.28. The molecule has 0 saturated heterocycles. The highest BCUT2D eigenvalue weighted by atomic mass is 19.1. The fraction of sp³-hybridized carbons (Fsp3) is 0.125. The highest BCUT2D eigenvalue weighted by Crippen LogP contribution is 2.23. The third-order valence-corrected chi connectivity index (χ3v) is 3.33. The van der Waals surface area contributed by atoms with Gasteiger partial charge in [-0.05, 0) is 30.3 Å². The van der Waals surface area contributed by atoms with Crippen LogP contribution < -0.4 is 4.74 Å². The molecule has 0 radical (unpaired) electrons. The van der Waals surface area contributed by atoms with Crippen LogP contribution in [0.15, 0.2) is 48.7 Å². The Kier molecular flexibility index (Phi) is 3.14. The SMILES string of the molecule is COc1ccc2c(ccn2Cc2ccc(F)cc2F)c1. The molecular formula is C16H13F2NO. The van der Waals surface area contributed by atoms with Crippen molar-refractivity contribution in [2.45, 2.75) is 6.54 Å². The molecule has 102 valence electrons. The first kappa shape index (κ1) is 12.7. The van der Waals surface area contributed by atoms with Gasteiger partial charge in [-0.25, -0.2) is 8.78 Å². The van der Waals surface area contributed by atoms with Crippen LogP contribution >= 0.6 is 0 Å². The summed E-state index contributed by atoms with van der Waals surface area (Å²) in [5.74, 6) is -0.308. The van der Waals surface area contributed by atoms with E-state index in [-0.39, 0.29) is 0 Å². The van der Waals surface area contributed by atoms with Crippen molar-refractivity contribution in [2.75, 3.05) is 7.11 Å². The number of nitrogens with zero attached hydrogens (tertiary/aromatic N) is 1. The van der Waals surface area contributed by atoms with Crippen LogP contribution in [0.25, 0.3) is 10.9 Å². The van der Waals surface area contributed by atoms with Gasteiger partial charge in [-0.2, -0.15) is 0 Å². The maximum Gasteiger partial charge on any atom is 0.131 e. The van der Waals surface area contributed by atoms with Crippen LogP contribution in [0.5, 0.6) is 5.75 Å². The zero-order chi connectivity index (χ0) is 14.1.